The summed E-state index contributed by atoms with van der Waals surface area (Å²) in [5.41, 5.74) is 3.74. The largest absolute Gasteiger partial charge is 0.387 e. The molecule has 22 heavy (non-hydrogen) atoms. The highest BCUT2D eigenvalue weighted by Gasteiger charge is 2.43. The van der Waals surface area contributed by atoms with E-state index in [1.54, 1.807) is 12.1 Å². The summed E-state index contributed by atoms with van der Waals surface area (Å²) < 4.78 is 12.9. The number of nitrogens with one attached hydrogen (secondary N) is 2. The summed E-state index contributed by atoms with van der Waals surface area (Å²) in [4.78, 5) is 17.0. The van der Waals surface area contributed by atoms with Crippen LogP contribution in [0.2, 0.25) is 0 Å². The van der Waals surface area contributed by atoms with Crippen molar-refractivity contribution in [3.05, 3.63) is 59.2 Å². The highest BCUT2D eigenvalue weighted by atomic mass is 19.1. The third kappa shape index (κ3) is 2.13. The van der Waals surface area contributed by atoms with Gasteiger partial charge in [-0.3, -0.25) is 9.79 Å². The Labute approximate surface area is 127 Å². The van der Waals surface area contributed by atoms with Crippen molar-refractivity contribution < 1.29 is 9.18 Å². The van der Waals surface area contributed by atoms with Gasteiger partial charge in [-0.25, -0.2) is 4.39 Å². The number of allylic oxidation sites excluding steroid dienone is 1. The lowest BCUT2D eigenvalue weighted by Gasteiger charge is -2.33. The molecule has 2 unspecified atom stereocenters. The molecule has 0 bridgehead atoms. The first-order chi connectivity index (χ1) is 10.7. The smallest absolute Gasteiger partial charge is 0.203 e. The number of halogens is 1. The summed E-state index contributed by atoms with van der Waals surface area (Å²) in [5.74, 6) is -0.0906. The number of hydrogen-bond donors (Lipinski definition) is 2. The monoisotopic (exact) mass is 297 g/mol. The van der Waals surface area contributed by atoms with Gasteiger partial charge in [0.15, 0.2) is 0 Å². The van der Waals surface area contributed by atoms with E-state index in [2.05, 4.69) is 15.6 Å². The summed E-state index contributed by atoms with van der Waals surface area (Å²) in [5, 5.41) is 6.57. The van der Waals surface area contributed by atoms with E-state index >= 15 is 0 Å². The average Bonchev–Trinajstić information content (AvgIpc) is 2.97. The van der Waals surface area contributed by atoms with Crippen LogP contribution in [0.15, 0.2) is 52.8 Å². The van der Waals surface area contributed by atoms with E-state index in [0.29, 0.717) is 12.3 Å². The number of aliphatic imine (C=N–C) groups is 1. The molecule has 5 heteroatoms. The minimum absolute atomic E-state index is 0.0332. The zero-order chi connectivity index (χ0) is 15.1. The molecule has 2 aliphatic heterocycles. The third-order valence-corrected chi connectivity index (χ3v) is 4.43. The van der Waals surface area contributed by atoms with Crippen molar-refractivity contribution in [3.8, 4) is 0 Å². The SMILES string of the molecule is O=C1C(=NCc2ccc(F)cc2)C=C2NCCC3=CNC1C32. The molecule has 4 rings (SSSR count). The maximum atomic E-state index is 12.9. The molecule has 1 saturated heterocycles. The average molecular weight is 297 g/mol. The number of carbonyl (C=O) groups excluding carboxylic acids is 1. The van der Waals surface area contributed by atoms with Crippen LogP contribution in [-0.2, 0) is 11.3 Å². The van der Waals surface area contributed by atoms with Gasteiger partial charge in [-0.2, -0.15) is 0 Å². The standard InChI is InChI=1S/C17H16FN3O/c18-12-3-1-10(2-4-12)8-20-14-7-13-15-11(5-6-19-13)9-21-16(15)17(14)22/h1-4,7,9,15-16,19,21H,5-6,8H2. The second-order valence-electron chi connectivity index (χ2n) is 5.81. The van der Waals surface area contributed by atoms with E-state index < -0.39 is 0 Å². The molecule has 1 aliphatic carbocycles. The Bertz CT molecular complexity index is 718. The normalized spacial score (nSPS) is 27.7. The number of carbonyl (C=O) groups is 1. The number of hydrogen-bond acceptors (Lipinski definition) is 4. The Hall–Kier alpha value is -2.43. The highest BCUT2D eigenvalue weighted by molar-refractivity contribution is 6.47. The third-order valence-electron chi connectivity index (χ3n) is 4.43. The number of benzene rings is 1. The summed E-state index contributed by atoms with van der Waals surface area (Å²) in [7, 11) is 0. The van der Waals surface area contributed by atoms with E-state index in [4.69, 9.17) is 0 Å². The molecule has 1 fully saturated rings. The maximum absolute atomic E-state index is 12.9. The van der Waals surface area contributed by atoms with E-state index in [9.17, 15) is 9.18 Å². The molecule has 1 aromatic carbocycles. The first-order valence-corrected chi connectivity index (χ1v) is 7.46. The van der Waals surface area contributed by atoms with Crippen molar-refractivity contribution >= 4 is 11.5 Å². The molecule has 2 atom stereocenters. The fourth-order valence-electron chi connectivity index (χ4n) is 3.30. The van der Waals surface area contributed by atoms with Crippen molar-refractivity contribution in [2.75, 3.05) is 6.54 Å². The van der Waals surface area contributed by atoms with Crippen LogP contribution in [0.1, 0.15) is 12.0 Å². The van der Waals surface area contributed by atoms with Gasteiger partial charge in [-0.15, -0.1) is 0 Å². The molecule has 0 amide bonds. The van der Waals surface area contributed by atoms with Crippen molar-refractivity contribution in [1.82, 2.24) is 10.6 Å². The fraction of sp³-hybridized carbons (Fsp3) is 0.294. The zero-order valence-corrected chi connectivity index (χ0v) is 12.0. The summed E-state index contributed by atoms with van der Waals surface area (Å²) in [6, 6.07) is 5.97. The maximum Gasteiger partial charge on any atom is 0.203 e. The lowest BCUT2D eigenvalue weighted by atomic mass is 9.80. The number of nitrogens with zero attached hydrogens (tertiary/aromatic N) is 1. The van der Waals surface area contributed by atoms with E-state index in [-0.39, 0.29) is 23.6 Å². The lowest BCUT2D eigenvalue weighted by molar-refractivity contribution is -0.115. The van der Waals surface area contributed by atoms with Crippen LogP contribution in [0.5, 0.6) is 0 Å². The summed E-state index contributed by atoms with van der Waals surface area (Å²) >= 11 is 0. The van der Waals surface area contributed by atoms with Crippen LogP contribution in [0.4, 0.5) is 4.39 Å². The van der Waals surface area contributed by atoms with Gasteiger partial charge in [0.05, 0.1) is 6.54 Å². The highest BCUT2D eigenvalue weighted by Crippen LogP contribution is 2.35. The Morgan fingerprint density at radius 3 is 2.91 bits per heavy atom. The van der Waals surface area contributed by atoms with E-state index in [1.807, 2.05) is 12.3 Å². The van der Waals surface area contributed by atoms with Gasteiger partial charge in [0.25, 0.3) is 0 Å². The van der Waals surface area contributed by atoms with Gasteiger partial charge in [0.1, 0.15) is 17.6 Å². The predicted molar refractivity (Wildman–Crippen MR) is 81.7 cm³/mol. The summed E-state index contributed by atoms with van der Waals surface area (Å²) in [6.45, 7) is 1.27. The van der Waals surface area contributed by atoms with Gasteiger partial charge in [-0.05, 0) is 42.0 Å². The van der Waals surface area contributed by atoms with E-state index in [0.717, 1.165) is 24.2 Å². The molecule has 0 spiro atoms. The van der Waals surface area contributed by atoms with Crippen LogP contribution >= 0.6 is 0 Å². The van der Waals surface area contributed by atoms with Crippen molar-refractivity contribution in [1.29, 1.82) is 0 Å². The molecule has 0 radical (unpaired) electrons. The molecule has 112 valence electrons. The predicted octanol–water partition coefficient (Wildman–Crippen LogP) is 1.70. The Balaban J connectivity index is 1.61. The lowest BCUT2D eigenvalue weighted by Crippen LogP contribution is -2.48. The minimum atomic E-state index is -0.268. The van der Waals surface area contributed by atoms with Gasteiger partial charge < -0.3 is 10.6 Å². The molecule has 0 saturated carbocycles. The van der Waals surface area contributed by atoms with Gasteiger partial charge in [0.2, 0.25) is 5.78 Å². The van der Waals surface area contributed by atoms with Crippen LogP contribution in [0, 0.1) is 11.7 Å². The topological polar surface area (TPSA) is 53.5 Å². The molecule has 0 aromatic heterocycles. The molecule has 3 aliphatic rings. The zero-order valence-electron chi connectivity index (χ0n) is 12.0. The minimum Gasteiger partial charge on any atom is -0.387 e. The van der Waals surface area contributed by atoms with Gasteiger partial charge in [0, 0.05) is 18.2 Å². The molecular weight excluding hydrogens is 281 g/mol. The number of ketones is 1. The summed E-state index contributed by atoms with van der Waals surface area (Å²) in [6.07, 6.45) is 4.82. The molecule has 1 aromatic rings. The Morgan fingerprint density at radius 1 is 1.27 bits per heavy atom. The van der Waals surface area contributed by atoms with E-state index in [1.165, 1.54) is 17.7 Å². The van der Waals surface area contributed by atoms with Crippen LogP contribution in [0.3, 0.4) is 0 Å². The molecule has 2 N–H and O–H groups in total. The molecular formula is C17H16FN3O. The van der Waals surface area contributed by atoms with Crippen molar-refractivity contribution in [3.63, 3.8) is 0 Å². The number of Topliss-reactive ketones (excluding diaryl/α,β-unsaturated/α-hetero) is 1. The van der Waals surface area contributed by atoms with Gasteiger partial charge >= 0.3 is 0 Å². The number of rotatable bonds is 2. The van der Waals surface area contributed by atoms with Gasteiger partial charge in [-0.1, -0.05) is 12.1 Å². The second kappa shape index (κ2) is 5.09. The first-order valence-electron chi connectivity index (χ1n) is 7.46. The molecule has 2 heterocycles. The van der Waals surface area contributed by atoms with Crippen molar-refractivity contribution in [2.24, 2.45) is 10.9 Å². The number of piperidine rings is 1. The Kier molecular flexibility index (Phi) is 3.06. The quantitative estimate of drug-likeness (QED) is 0.873. The van der Waals surface area contributed by atoms with Crippen LogP contribution in [0.25, 0.3) is 0 Å². The Morgan fingerprint density at radius 2 is 2.09 bits per heavy atom. The first kappa shape index (κ1) is 13.2. The second-order valence-corrected chi connectivity index (χ2v) is 5.81. The van der Waals surface area contributed by atoms with Crippen molar-refractivity contribution in [2.45, 2.75) is 19.0 Å². The van der Waals surface area contributed by atoms with Crippen LogP contribution < -0.4 is 10.6 Å². The van der Waals surface area contributed by atoms with Crippen LogP contribution in [-0.4, -0.2) is 24.1 Å². The molecule has 4 nitrogen and oxygen atoms in total. The fourth-order valence-corrected chi connectivity index (χ4v) is 3.30.